The first-order valence-electron chi connectivity index (χ1n) is 10.7. The van der Waals surface area contributed by atoms with Crippen molar-refractivity contribution in [1.29, 1.82) is 0 Å². The van der Waals surface area contributed by atoms with Crippen LogP contribution < -0.4 is 16.4 Å². The van der Waals surface area contributed by atoms with E-state index in [1.807, 2.05) is 0 Å². The van der Waals surface area contributed by atoms with Gasteiger partial charge in [-0.05, 0) is 38.8 Å². The second-order valence-electron chi connectivity index (χ2n) is 8.58. The van der Waals surface area contributed by atoms with Crippen molar-refractivity contribution >= 4 is 29.8 Å². The predicted octanol–water partition coefficient (Wildman–Crippen LogP) is 0.615. The monoisotopic (exact) mass is 488 g/mol. The van der Waals surface area contributed by atoms with Crippen LogP contribution in [-0.4, -0.2) is 67.0 Å². The molecule has 0 bridgehead atoms. The fourth-order valence-electron chi connectivity index (χ4n) is 3.09. The molecule has 35 heavy (non-hydrogen) atoms. The van der Waals surface area contributed by atoms with E-state index in [0.29, 0.717) is 11.1 Å². The molecule has 1 aromatic carbocycles. The molecule has 0 aromatic heterocycles. The largest absolute Gasteiger partial charge is 0.468 e. The van der Waals surface area contributed by atoms with Gasteiger partial charge in [-0.2, -0.15) is 0 Å². The molecule has 0 aliphatic rings. The third-order valence-corrected chi connectivity index (χ3v) is 4.70. The molecule has 0 saturated carbocycles. The second kappa shape index (κ2) is 13.0. The Morgan fingerprint density at radius 3 is 2.34 bits per heavy atom. The summed E-state index contributed by atoms with van der Waals surface area (Å²) in [5, 5.41) is 4.85. The first-order chi connectivity index (χ1) is 16.3. The lowest BCUT2D eigenvalue weighted by atomic mass is 9.97. The number of nitrogens with two attached hydrogens (primary N) is 1. The van der Waals surface area contributed by atoms with Crippen LogP contribution in [0, 0.1) is 12.3 Å². The Kier molecular flexibility index (Phi) is 10.7. The van der Waals surface area contributed by atoms with Gasteiger partial charge in [0.15, 0.2) is 0 Å². The van der Waals surface area contributed by atoms with Crippen molar-refractivity contribution in [3.05, 3.63) is 35.4 Å². The number of amides is 4. The highest BCUT2D eigenvalue weighted by Gasteiger charge is 2.35. The smallest absolute Gasteiger partial charge is 0.408 e. The average Bonchev–Trinajstić information content (AvgIpc) is 2.78. The molecular formula is C24H32N4O7. The van der Waals surface area contributed by atoms with Crippen LogP contribution in [0.25, 0.3) is 0 Å². The van der Waals surface area contributed by atoms with E-state index in [-0.39, 0.29) is 12.8 Å². The molecule has 11 heteroatoms. The van der Waals surface area contributed by atoms with E-state index in [1.54, 1.807) is 45.0 Å². The second-order valence-corrected chi connectivity index (χ2v) is 8.58. The lowest BCUT2D eigenvalue weighted by molar-refractivity contribution is -0.143. The first kappa shape index (κ1) is 29.0. The van der Waals surface area contributed by atoms with Gasteiger partial charge in [0, 0.05) is 19.0 Å². The van der Waals surface area contributed by atoms with Crippen molar-refractivity contribution in [3.8, 4) is 12.3 Å². The van der Waals surface area contributed by atoms with Crippen molar-refractivity contribution in [1.82, 2.24) is 15.5 Å². The van der Waals surface area contributed by atoms with E-state index in [1.165, 1.54) is 14.2 Å². The van der Waals surface area contributed by atoms with Gasteiger partial charge < -0.3 is 30.7 Å². The number of nitrogens with zero attached hydrogens (tertiary/aromatic N) is 1. The maximum Gasteiger partial charge on any atom is 0.408 e. The maximum atomic E-state index is 13.5. The molecule has 4 amide bonds. The summed E-state index contributed by atoms with van der Waals surface area (Å²) in [6, 6.07) is 3.97. The minimum atomic E-state index is -1.27. The van der Waals surface area contributed by atoms with Crippen molar-refractivity contribution in [2.24, 2.45) is 5.73 Å². The van der Waals surface area contributed by atoms with E-state index in [0.717, 1.165) is 4.90 Å². The van der Waals surface area contributed by atoms with Crippen LogP contribution >= 0.6 is 0 Å². The molecule has 0 radical (unpaired) electrons. The Morgan fingerprint density at radius 1 is 1.17 bits per heavy atom. The fraction of sp³-hybridized carbons (Fsp3) is 0.458. The zero-order valence-corrected chi connectivity index (χ0v) is 20.5. The molecule has 2 atom stereocenters. The van der Waals surface area contributed by atoms with Gasteiger partial charge in [-0.25, -0.2) is 4.79 Å². The van der Waals surface area contributed by atoms with E-state index >= 15 is 0 Å². The summed E-state index contributed by atoms with van der Waals surface area (Å²) < 4.78 is 9.76. The number of benzene rings is 1. The molecule has 0 fully saturated rings. The number of methoxy groups -OCH3 is 1. The zero-order chi connectivity index (χ0) is 26.8. The van der Waals surface area contributed by atoms with Gasteiger partial charge in [-0.15, -0.1) is 6.42 Å². The summed E-state index contributed by atoms with van der Waals surface area (Å²) in [5.74, 6) is -0.319. The van der Waals surface area contributed by atoms with E-state index in [9.17, 15) is 24.0 Å². The Bertz CT molecular complexity index is 994. The van der Waals surface area contributed by atoms with Crippen LogP contribution in [-0.2, 0) is 28.7 Å². The molecule has 11 nitrogen and oxygen atoms in total. The summed E-state index contributed by atoms with van der Waals surface area (Å²) in [6.07, 6.45) is 4.36. The van der Waals surface area contributed by atoms with Gasteiger partial charge >= 0.3 is 12.1 Å². The van der Waals surface area contributed by atoms with Crippen LogP contribution in [0.15, 0.2) is 24.3 Å². The number of ether oxygens (including phenoxy) is 2. The molecular weight excluding hydrogens is 456 g/mol. The molecule has 4 N–H and O–H groups in total. The van der Waals surface area contributed by atoms with Crippen molar-refractivity contribution in [2.75, 3.05) is 20.7 Å². The minimum Gasteiger partial charge on any atom is -0.468 e. The maximum absolute atomic E-state index is 13.5. The van der Waals surface area contributed by atoms with Gasteiger partial charge in [0.1, 0.15) is 24.2 Å². The number of likely N-dealkylation sites (N-methyl/N-ethyl adjacent to an activating group) is 1. The average molecular weight is 489 g/mol. The number of carbonyl (C=O) groups is 5. The third kappa shape index (κ3) is 9.37. The van der Waals surface area contributed by atoms with Crippen LogP contribution in [0.2, 0.25) is 0 Å². The number of terminal acetylenes is 1. The highest BCUT2D eigenvalue weighted by Crippen LogP contribution is 2.24. The number of primary amides is 1. The zero-order valence-electron chi connectivity index (χ0n) is 20.5. The summed E-state index contributed by atoms with van der Waals surface area (Å²) in [6.45, 7) is 4.51. The third-order valence-electron chi connectivity index (χ3n) is 4.70. The lowest BCUT2D eigenvalue weighted by Crippen LogP contribution is -2.52. The number of carbonyl (C=O) groups excluding carboxylic acids is 5. The number of hydrogen-bond acceptors (Lipinski definition) is 7. The van der Waals surface area contributed by atoms with Crippen molar-refractivity contribution < 1.29 is 33.4 Å². The number of rotatable bonds is 10. The minimum absolute atomic E-state index is 0.134. The lowest BCUT2D eigenvalue weighted by Gasteiger charge is -2.32. The number of hydrogen-bond donors (Lipinski definition) is 3. The number of esters is 1. The first-order valence-corrected chi connectivity index (χ1v) is 10.7. The van der Waals surface area contributed by atoms with Gasteiger partial charge in [0.2, 0.25) is 17.7 Å². The highest BCUT2D eigenvalue weighted by atomic mass is 16.6. The summed E-state index contributed by atoms with van der Waals surface area (Å²) in [4.78, 5) is 62.9. The molecule has 0 heterocycles. The molecule has 0 spiro atoms. The van der Waals surface area contributed by atoms with Crippen molar-refractivity contribution in [2.45, 2.75) is 51.3 Å². The SMILES string of the molecule is C#Cc1ccccc1C(C(=O)NCC(=O)OC)N(C)C(=O)C(CCC(N)=O)NC(=O)OC(C)(C)C. The van der Waals surface area contributed by atoms with Crippen molar-refractivity contribution in [3.63, 3.8) is 0 Å². The van der Waals surface area contributed by atoms with Gasteiger partial charge in [0.25, 0.3) is 0 Å². The normalized spacial score (nSPS) is 12.3. The standard InChI is InChI=1S/C24H32N4O7/c1-7-15-10-8-9-11-16(15)20(21(31)26-14-19(30)34-6)28(5)22(32)17(12-13-18(25)29)27-23(33)35-24(2,3)4/h1,8-11,17,20H,12-14H2,2-6H3,(H2,25,29)(H,26,31)(H,27,33). The van der Waals surface area contributed by atoms with E-state index in [2.05, 4.69) is 21.3 Å². The molecule has 1 aromatic rings. The van der Waals surface area contributed by atoms with Gasteiger partial charge in [0.05, 0.1) is 7.11 Å². The van der Waals surface area contributed by atoms with E-state index in [4.69, 9.17) is 16.9 Å². The Labute approximate surface area is 204 Å². The Balaban J connectivity index is 3.34. The van der Waals surface area contributed by atoms with Gasteiger partial charge in [-0.3, -0.25) is 19.2 Å². The van der Waals surface area contributed by atoms with Crippen LogP contribution in [0.1, 0.15) is 50.8 Å². The number of alkyl carbamates (subject to hydrolysis) is 1. The summed E-state index contributed by atoms with van der Waals surface area (Å²) >= 11 is 0. The predicted molar refractivity (Wildman–Crippen MR) is 126 cm³/mol. The van der Waals surface area contributed by atoms with Gasteiger partial charge in [-0.1, -0.05) is 24.1 Å². The molecule has 1 rings (SSSR count). The quantitative estimate of drug-likeness (QED) is 0.322. The van der Waals surface area contributed by atoms with Crippen LogP contribution in [0.4, 0.5) is 4.79 Å². The van der Waals surface area contributed by atoms with Crippen LogP contribution in [0.3, 0.4) is 0 Å². The molecule has 190 valence electrons. The Morgan fingerprint density at radius 2 is 1.80 bits per heavy atom. The number of nitrogens with one attached hydrogen (secondary N) is 2. The topological polar surface area (TPSA) is 157 Å². The molecule has 0 aliphatic heterocycles. The molecule has 0 aliphatic carbocycles. The van der Waals surface area contributed by atoms with E-state index < -0.39 is 54.0 Å². The summed E-state index contributed by atoms with van der Waals surface area (Å²) in [5.41, 5.74) is 5.06. The van der Waals surface area contributed by atoms with Crippen LogP contribution in [0.5, 0.6) is 0 Å². The summed E-state index contributed by atoms with van der Waals surface area (Å²) in [7, 11) is 2.51. The highest BCUT2D eigenvalue weighted by molar-refractivity contribution is 5.93. The Hall–Kier alpha value is -4.07. The molecule has 0 saturated heterocycles. The fourth-order valence-corrected chi connectivity index (χ4v) is 3.09. The molecule has 2 unspecified atom stereocenters.